The van der Waals surface area contributed by atoms with E-state index in [4.69, 9.17) is 21.1 Å². The van der Waals surface area contributed by atoms with Gasteiger partial charge in [0.05, 0.1) is 12.7 Å². The van der Waals surface area contributed by atoms with E-state index in [-0.39, 0.29) is 0 Å². The second kappa shape index (κ2) is 8.63. The highest BCUT2D eigenvalue weighted by molar-refractivity contribution is 6.31. The molecule has 1 heterocycles. The average Bonchev–Trinajstić information content (AvgIpc) is 2.96. The number of hydrogen-bond donors (Lipinski definition) is 1. The molecule has 0 radical (unpaired) electrons. The number of rotatable bonds is 8. The van der Waals surface area contributed by atoms with Gasteiger partial charge in [-0.2, -0.15) is 0 Å². The van der Waals surface area contributed by atoms with Crippen LogP contribution < -0.4 is 5.32 Å². The Kier molecular flexibility index (Phi) is 6.80. The molecular weight excluding hydrogens is 274 g/mol. The lowest BCUT2D eigenvalue weighted by Crippen LogP contribution is -2.27. The summed E-state index contributed by atoms with van der Waals surface area (Å²) in [5.74, 6) is 0.392. The molecular formula is C16H24ClNO2. The molecule has 0 saturated carbocycles. The van der Waals surface area contributed by atoms with Gasteiger partial charge in [-0.25, -0.2) is 0 Å². The van der Waals surface area contributed by atoms with Gasteiger partial charge in [-0.05, 0) is 30.9 Å². The quantitative estimate of drug-likeness (QED) is 0.747. The Hall–Kier alpha value is -0.610. The fourth-order valence-electron chi connectivity index (χ4n) is 2.72. The van der Waals surface area contributed by atoms with Gasteiger partial charge >= 0.3 is 0 Å². The van der Waals surface area contributed by atoms with Crippen LogP contribution in [0.5, 0.6) is 0 Å². The molecule has 1 aliphatic rings. The van der Waals surface area contributed by atoms with Crippen LogP contribution in [0.15, 0.2) is 24.3 Å². The van der Waals surface area contributed by atoms with E-state index in [0.29, 0.717) is 12.0 Å². The number of nitrogens with one attached hydrogen (secondary N) is 1. The van der Waals surface area contributed by atoms with Gasteiger partial charge in [-0.15, -0.1) is 0 Å². The van der Waals surface area contributed by atoms with E-state index in [2.05, 4.69) is 17.4 Å². The predicted molar refractivity (Wildman–Crippen MR) is 82.5 cm³/mol. The van der Waals surface area contributed by atoms with Crippen molar-refractivity contribution in [1.29, 1.82) is 0 Å². The van der Waals surface area contributed by atoms with Gasteiger partial charge in [0.15, 0.2) is 0 Å². The summed E-state index contributed by atoms with van der Waals surface area (Å²) in [6, 6.07) is 8.13. The zero-order chi connectivity index (χ0) is 14.2. The number of ether oxygens (including phenoxy) is 2. The molecule has 1 fully saturated rings. The first-order valence-corrected chi connectivity index (χ1v) is 7.74. The van der Waals surface area contributed by atoms with Crippen molar-refractivity contribution < 1.29 is 9.47 Å². The molecule has 3 nitrogen and oxygen atoms in total. The molecule has 4 heteroatoms. The standard InChI is InChI=1S/C16H24ClNO2/c1-19-10-8-18-12-13(11-14-5-4-9-20-14)15-6-2-3-7-16(15)17/h2-3,6-7,13-14,18H,4-5,8-12H2,1H3. The minimum absolute atomic E-state index is 0.375. The zero-order valence-corrected chi connectivity index (χ0v) is 12.9. The van der Waals surface area contributed by atoms with Crippen molar-refractivity contribution >= 4 is 11.6 Å². The first kappa shape index (κ1) is 15.8. The minimum atomic E-state index is 0.375. The lowest BCUT2D eigenvalue weighted by Gasteiger charge is -2.22. The fraction of sp³-hybridized carbons (Fsp3) is 0.625. The largest absolute Gasteiger partial charge is 0.383 e. The van der Waals surface area contributed by atoms with E-state index in [1.54, 1.807) is 7.11 Å². The van der Waals surface area contributed by atoms with Gasteiger partial charge in [0.2, 0.25) is 0 Å². The van der Waals surface area contributed by atoms with E-state index >= 15 is 0 Å². The summed E-state index contributed by atoms with van der Waals surface area (Å²) >= 11 is 6.35. The van der Waals surface area contributed by atoms with Gasteiger partial charge in [0, 0.05) is 37.7 Å². The van der Waals surface area contributed by atoms with Crippen LogP contribution in [0.25, 0.3) is 0 Å². The van der Waals surface area contributed by atoms with Gasteiger partial charge in [0.1, 0.15) is 0 Å². The Morgan fingerprint density at radius 2 is 2.30 bits per heavy atom. The van der Waals surface area contributed by atoms with Crippen molar-refractivity contribution in [3.63, 3.8) is 0 Å². The van der Waals surface area contributed by atoms with Crippen LogP contribution in [0.3, 0.4) is 0 Å². The second-order valence-electron chi connectivity index (χ2n) is 5.29. The molecule has 1 N–H and O–H groups in total. The number of benzene rings is 1. The van der Waals surface area contributed by atoms with Gasteiger partial charge in [-0.1, -0.05) is 29.8 Å². The Morgan fingerprint density at radius 3 is 3.00 bits per heavy atom. The van der Waals surface area contributed by atoms with Crippen molar-refractivity contribution in [3.05, 3.63) is 34.9 Å². The van der Waals surface area contributed by atoms with Crippen LogP contribution >= 0.6 is 11.6 Å². The molecule has 2 unspecified atom stereocenters. The molecule has 1 aromatic rings. The topological polar surface area (TPSA) is 30.5 Å². The fourth-order valence-corrected chi connectivity index (χ4v) is 3.01. The Morgan fingerprint density at radius 1 is 1.45 bits per heavy atom. The Labute approximate surface area is 126 Å². The maximum absolute atomic E-state index is 6.35. The summed E-state index contributed by atoms with van der Waals surface area (Å²) in [6.45, 7) is 3.40. The molecule has 2 rings (SSSR count). The molecule has 0 amide bonds. The summed E-state index contributed by atoms with van der Waals surface area (Å²) in [6.07, 6.45) is 3.75. The third-order valence-corrected chi connectivity index (χ3v) is 4.13. The van der Waals surface area contributed by atoms with Gasteiger partial charge in [-0.3, -0.25) is 0 Å². The van der Waals surface area contributed by atoms with Crippen molar-refractivity contribution in [2.24, 2.45) is 0 Å². The lowest BCUT2D eigenvalue weighted by atomic mass is 9.92. The lowest BCUT2D eigenvalue weighted by molar-refractivity contribution is 0.0974. The molecule has 1 aliphatic heterocycles. The summed E-state index contributed by atoms with van der Waals surface area (Å²) in [7, 11) is 1.72. The highest BCUT2D eigenvalue weighted by atomic mass is 35.5. The van der Waals surface area contributed by atoms with Crippen LogP contribution in [-0.2, 0) is 9.47 Å². The molecule has 0 spiro atoms. The maximum Gasteiger partial charge on any atom is 0.0587 e. The highest BCUT2D eigenvalue weighted by Crippen LogP contribution is 2.30. The number of methoxy groups -OCH3 is 1. The van der Waals surface area contributed by atoms with Crippen molar-refractivity contribution in [1.82, 2.24) is 5.32 Å². The third-order valence-electron chi connectivity index (χ3n) is 3.79. The normalized spacial score (nSPS) is 20.2. The molecule has 112 valence electrons. The monoisotopic (exact) mass is 297 g/mol. The van der Waals surface area contributed by atoms with Crippen LogP contribution in [0.1, 0.15) is 30.7 Å². The average molecular weight is 298 g/mol. The minimum Gasteiger partial charge on any atom is -0.383 e. The molecule has 1 saturated heterocycles. The van der Waals surface area contributed by atoms with Gasteiger partial charge < -0.3 is 14.8 Å². The van der Waals surface area contributed by atoms with E-state index < -0.39 is 0 Å². The number of hydrogen-bond acceptors (Lipinski definition) is 3. The molecule has 2 atom stereocenters. The van der Waals surface area contributed by atoms with Crippen molar-refractivity contribution in [2.75, 3.05) is 33.4 Å². The van der Waals surface area contributed by atoms with Gasteiger partial charge in [0.25, 0.3) is 0 Å². The molecule has 0 aromatic heterocycles. The second-order valence-corrected chi connectivity index (χ2v) is 5.69. The summed E-state index contributed by atoms with van der Waals surface area (Å²) in [5, 5.41) is 4.30. The van der Waals surface area contributed by atoms with Crippen molar-refractivity contribution in [3.8, 4) is 0 Å². The van der Waals surface area contributed by atoms with Crippen LogP contribution in [0.4, 0.5) is 0 Å². The highest BCUT2D eigenvalue weighted by Gasteiger charge is 2.23. The van der Waals surface area contributed by atoms with Crippen LogP contribution in [-0.4, -0.2) is 39.5 Å². The third kappa shape index (κ3) is 4.74. The van der Waals surface area contributed by atoms with Crippen LogP contribution in [0.2, 0.25) is 5.02 Å². The summed E-state index contributed by atoms with van der Waals surface area (Å²) < 4.78 is 10.8. The van der Waals surface area contributed by atoms with E-state index in [0.717, 1.165) is 37.7 Å². The van der Waals surface area contributed by atoms with E-state index in [9.17, 15) is 0 Å². The first-order valence-electron chi connectivity index (χ1n) is 7.37. The maximum atomic E-state index is 6.35. The predicted octanol–water partition coefficient (Wildman–Crippen LogP) is 3.23. The van der Waals surface area contributed by atoms with Crippen LogP contribution in [0, 0.1) is 0 Å². The Bertz CT molecular complexity index is 394. The molecule has 0 bridgehead atoms. The molecule has 20 heavy (non-hydrogen) atoms. The first-order chi connectivity index (χ1) is 9.81. The van der Waals surface area contributed by atoms with E-state index in [1.165, 1.54) is 18.4 Å². The molecule has 0 aliphatic carbocycles. The van der Waals surface area contributed by atoms with E-state index in [1.807, 2.05) is 12.1 Å². The molecule has 1 aromatic carbocycles. The summed E-state index contributed by atoms with van der Waals surface area (Å²) in [5.41, 5.74) is 1.22. The smallest absolute Gasteiger partial charge is 0.0587 e. The number of halogens is 1. The van der Waals surface area contributed by atoms with Crippen molar-refractivity contribution in [2.45, 2.75) is 31.3 Å². The zero-order valence-electron chi connectivity index (χ0n) is 12.1. The Balaban J connectivity index is 1.97. The summed E-state index contributed by atoms with van der Waals surface area (Å²) in [4.78, 5) is 0. The SMILES string of the molecule is COCCNCC(CC1CCCO1)c1ccccc1Cl.